The highest BCUT2D eigenvalue weighted by Crippen LogP contribution is 2.20. The number of carbonyl (C=O) groups excluding carboxylic acids is 3. The van der Waals surface area contributed by atoms with E-state index in [0.29, 0.717) is 13.1 Å². The van der Waals surface area contributed by atoms with E-state index in [4.69, 9.17) is 0 Å². The quantitative estimate of drug-likeness (QED) is 0.813. The summed E-state index contributed by atoms with van der Waals surface area (Å²) in [5.74, 6) is -0.348. The topological polar surface area (TPSA) is 65.9 Å². The summed E-state index contributed by atoms with van der Waals surface area (Å²) in [7, 11) is 3.33. The van der Waals surface area contributed by atoms with Gasteiger partial charge in [0.25, 0.3) is 0 Å². The molecule has 1 aliphatic heterocycles. The number of fused-ring (bicyclic) bond motifs is 1. The van der Waals surface area contributed by atoms with Crippen LogP contribution in [0.1, 0.15) is 12.6 Å². The van der Waals surface area contributed by atoms with Crippen LogP contribution in [0.15, 0.2) is 30.3 Å². The van der Waals surface area contributed by atoms with Gasteiger partial charge in [-0.1, -0.05) is 18.2 Å². The van der Waals surface area contributed by atoms with Crippen molar-refractivity contribution < 1.29 is 14.4 Å². The van der Waals surface area contributed by atoms with Gasteiger partial charge < -0.3 is 19.3 Å². The highest BCUT2D eigenvalue weighted by Gasteiger charge is 2.36. The summed E-state index contributed by atoms with van der Waals surface area (Å²) in [5.41, 5.74) is 2.04. The van der Waals surface area contributed by atoms with Crippen molar-refractivity contribution in [3.8, 4) is 0 Å². The Hall–Kier alpha value is -2.83. The van der Waals surface area contributed by atoms with E-state index in [1.54, 1.807) is 23.9 Å². The number of carbonyl (C=O) groups is 3. The molecule has 3 amide bonds. The molecule has 0 spiro atoms. The minimum atomic E-state index is -0.627. The van der Waals surface area contributed by atoms with Crippen LogP contribution in [0, 0.1) is 6.92 Å². The number of likely N-dealkylation sites (N-methyl/N-ethyl adjacent to an activating group) is 1. The second-order valence-electron chi connectivity index (χ2n) is 7.23. The molecule has 1 aromatic heterocycles. The van der Waals surface area contributed by atoms with Gasteiger partial charge in [0.1, 0.15) is 12.6 Å². The molecule has 0 N–H and O–H groups in total. The zero-order valence-corrected chi connectivity index (χ0v) is 16.3. The first kappa shape index (κ1) is 18.9. The van der Waals surface area contributed by atoms with Gasteiger partial charge >= 0.3 is 0 Å². The molecular formula is C20H26N4O3. The maximum Gasteiger partial charge on any atom is 0.246 e. The smallest absolute Gasteiger partial charge is 0.246 e. The Kier molecular flexibility index (Phi) is 5.21. The Balaban J connectivity index is 1.79. The number of para-hydroxylation sites is 1. The molecule has 7 heteroatoms. The molecule has 2 aromatic rings. The van der Waals surface area contributed by atoms with Crippen molar-refractivity contribution in [2.75, 3.05) is 33.7 Å². The fourth-order valence-corrected chi connectivity index (χ4v) is 3.69. The number of hydrogen-bond acceptors (Lipinski definition) is 3. The summed E-state index contributed by atoms with van der Waals surface area (Å²) < 4.78 is 2.00. The summed E-state index contributed by atoms with van der Waals surface area (Å²) in [6.07, 6.45) is 0. The fraction of sp³-hybridized carbons (Fsp3) is 0.450. The van der Waals surface area contributed by atoms with Crippen molar-refractivity contribution in [1.82, 2.24) is 19.3 Å². The molecular weight excluding hydrogens is 344 g/mol. The Morgan fingerprint density at radius 1 is 1.15 bits per heavy atom. The summed E-state index contributed by atoms with van der Waals surface area (Å²) in [4.78, 5) is 42.1. The molecule has 0 unspecified atom stereocenters. The number of rotatable bonds is 3. The summed E-state index contributed by atoms with van der Waals surface area (Å²) in [6, 6.07) is 9.40. The first-order chi connectivity index (χ1) is 12.8. The molecule has 0 bridgehead atoms. The van der Waals surface area contributed by atoms with E-state index in [0.717, 1.165) is 16.6 Å². The number of amides is 3. The maximum absolute atomic E-state index is 13.0. The number of hydrogen-bond donors (Lipinski definition) is 0. The Labute approximate surface area is 159 Å². The third-order valence-electron chi connectivity index (χ3n) is 5.17. The molecule has 3 rings (SSSR count). The van der Waals surface area contributed by atoms with Crippen molar-refractivity contribution >= 4 is 28.6 Å². The van der Waals surface area contributed by atoms with E-state index in [2.05, 4.69) is 6.07 Å². The van der Waals surface area contributed by atoms with Crippen LogP contribution >= 0.6 is 0 Å². The lowest BCUT2D eigenvalue weighted by Crippen LogP contribution is -2.61. The van der Waals surface area contributed by atoms with Crippen molar-refractivity contribution in [2.24, 2.45) is 0 Å². The van der Waals surface area contributed by atoms with E-state index >= 15 is 0 Å². The highest BCUT2D eigenvalue weighted by molar-refractivity contribution is 5.89. The molecule has 1 aliphatic rings. The van der Waals surface area contributed by atoms with Crippen molar-refractivity contribution in [3.63, 3.8) is 0 Å². The van der Waals surface area contributed by atoms with Crippen LogP contribution in [0.5, 0.6) is 0 Å². The number of nitrogens with zero attached hydrogens (tertiary/aromatic N) is 4. The van der Waals surface area contributed by atoms with Gasteiger partial charge in [-0.2, -0.15) is 0 Å². The van der Waals surface area contributed by atoms with Crippen LogP contribution < -0.4 is 0 Å². The first-order valence-corrected chi connectivity index (χ1v) is 9.10. The van der Waals surface area contributed by atoms with Crippen molar-refractivity contribution in [1.29, 1.82) is 0 Å². The monoisotopic (exact) mass is 370 g/mol. The standard InChI is InChI=1S/C20H26N4O3/c1-14-11-16-7-5-6-8-17(16)24(14)13-19(26)22-9-10-23(15(2)25)18(12-22)20(27)21(3)4/h5-8,11,18H,9-10,12-13H2,1-4H3/t18-/m1/s1. The number of aromatic nitrogens is 1. The van der Waals surface area contributed by atoms with Gasteiger partial charge in [-0.3, -0.25) is 14.4 Å². The molecule has 0 radical (unpaired) electrons. The van der Waals surface area contributed by atoms with Crippen LogP contribution in [-0.2, 0) is 20.9 Å². The van der Waals surface area contributed by atoms with Crippen LogP contribution in [0.4, 0.5) is 0 Å². The molecule has 0 saturated carbocycles. The molecule has 1 aromatic carbocycles. The average molecular weight is 370 g/mol. The van der Waals surface area contributed by atoms with Gasteiger partial charge in [0, 0.05) is 45.3 Å². The SMILES string of the molecule is CC(=O)N1CCN(C(=O)Cn2c(C)cc3ccccc32)C[C@@H]1C(=O)N(C)C. The Bertz CT molecular complexity index is 886. The van der Waals surface area contributed by atoms with Crippen LogP contribution in [-0.4, -0.2) is 76.8 Å². The molecule has 144 valence electrons. The predicted molar refractivity (Wildman–Crippen MR) is 103 cm³/mol. The maximum atomic E-state index is 13.0. The van der Waals surface area contributed by atoms with E-state index in [9.17, 15) is 14.4 Å². The second kappa shape index (κ2) is 7.42. The lowest BCUT2D eigenvalue weighted by Gasteiger charge is -2.41. The van der Waals surface area contributed by atoms with E-state index < -0.39 is 6.04 Å². The van der Waals surface area contributed by atoms with E-state index in [-0.39, 0.29) is 30.8 Å². The molecule has 27 heavy (non-hydrogen) atoms. The van der Waals surface area contributed by atoms with Crippen LogP contribution in [0.3, 0.4) is 0 Å². The van der Waals surface area contributed by atoms with Crippen molar-refractivity contribution in [3.05, 3.63) is 36.0 Å². The third-order valence-corrected chi connectivity index (χ3v) is 5.17. The van der Waals surface area contributed by atoms with Crippen LogP contribution in [0.2, 0.25) is 0 Å². The number of aryl methyl sites for hydroxylation is 1. The van der Waals surface area contributed by atoms with Gasteiger partial charge in [-0.05, 0) is 24.4 Å². The summed E-state index contributed by atoms with van der Waals surface area (Å²) in [5, 5.41) is 1.10. The molecule has 1 saturated heterocycles. The predicted octanol–water partition coefficient (Wildman–Crippen LogP) is 1.10. The molecule has 2 heterocycles. The fourth-order valence-electron chi connectivity index (χ4n) is 3.69. The zero-order valence-electron chi connectivity index (χ0n) is 16.3. The third kappa shape index (κ3) is 3.67. The number of benzene rings is 1. The number of piperazine rings is 1. The van der Waals surface area contributed by atoms with E-state index in [1.807, 2.05) is 35.8 Å². The van der Waals surface area contributed by atoms with Gasteiger partial charge in [0.2, 0.25) is 17.7 Å². The molecule has 0 aliphatic carbocycles. The van der Waals surface area contributed by atoms with Crippen LogP contribution in [0.25, 0.3) is 10.9 Å². The lowest BCUT2D eigenvalue weighted by molar-refractivity contribution is -0.150. The Morgan fingerprint density at radius 3 is 2.52 bits per heavy atom. The minimum Gasteiger partial charge on any atom is -0.347 e. The highest BCUT2D eigenvalue weighted by atomic mass is 16.2. The van der Waals surface area contributed by atoms with Gasteiger partial charge in [-0.25, -0.2) is 0 Å². The van der Waals surface area contributed by atoms with E-state index in [1.165, 1.54) is 11.8 Å². The molecule has 7 nitrogen and oxygen atoms in total. The summed E-state index contributed by atoms with van der Waals surface area (Å²) >= 11 is 0. The minimum absolute atomic E-state index is 0.0424. The molecule has 1 fully saturated rings. The van der Waals surface area contributed by atoms with Gasteiger partial charge in [0.05, 0.1) is 6.54 Å². The zero-order chi connectivity index (χ0) is 19.7. The van der Waals surface area contributed by atoms with Gasteiger partial charge in [0.15, 0.2) is 0 Å². The average Bonchev–Trinajstić information content (AvgIpc) is 2.95. The normalized spacial score (nSPS) is 17.3. The Morgan fingerprint density at radius 2 is 1.85 bits per heavy atom. The largest absolute Gasteiger partial charge is 0.347 e. The second-order valence-corrected chi connectivity index (χ2v) is 7.23. The molecule has 1 atom stereocenters. The first-order valence-electron chi connectivity index (χ1n) is 9.10. The van der Waals surface area contributed by atoms with Crippen molar-refractivity contribution in [2.45, 2.75) is 26.4 Å². The lowest BCUT2D eigenvalue weighted by atomic mass is 10.1. The summed E-state index contributed by atoms with van der Waals surface area (Å²) in [6.45, 7) is 4.71. The van der Waals surface area contributed by atoms with Gasteiger partial charge in [-0.15, -0.1) is 0 Å².